The highest BCUT2D eigenvalue weighted by molar-refractivity contribution is 5.96. The van der Waals surface area contributed by atoms with Crippen LogP contribution in [0.1, 0.15) is 23.6 Å². The van der Waals surface area contributed by atoms with Crippen LogP contribution in [0.2, 0.25) is 0 Å². The van der Waals surface area contributed by atoms with E-state index in [-0.39, 0.29) is 24.0 Å². The molecular weight excluding hydrogens is 424 g/mol. The monoisotopic (exact) mass is 454 g/mol. The topological polar surface area (TPSA) is 55.9 Å². The quantitative estimate of drug-likeness (QED) is 0.636. The van der Waals surface area contributed by atoms with Gasteiger partial charge < -0.3 is 15.1 Å². The van der Waals surface area contributed by atoms with Gasteiger partial charge in [0.15, 0.2) is 0 Å². The molecule has 2 aliphatic rings. The first-order chi connectivity index (χ1) is 16.7. The molecule has 5 rings (SSSR count). The Balaban J connectivity index is 1.20. The maximum Gasteiger partial charge on any atom is 0.317 e. The van der Waals surface area contributed by atoms with Crippen molar-refractivity contribution >= 4 is 17.6 Å². The first-order valence-electron chi connectivity index (χ1n) is 11.9. The predicted molar refractivity (Wildman–Crippen MR) is 134 cm³/mol. The summed E-state index contributed by atoms with van der Waals surface area (Å²) in [5, 5.41) is 3.09. The van der Waals surface area contributed by atoms with Crippen LogP contribution < -0.4 is 10.2 Å². The number of para-hydroxylation sites is 1. The predicted octanol–water partition coefficient (Wildman–Crippen LogP) is 3.91. The highest BCUT2D eigenvalue weighted by Gasteiger charge is 2.34. The summed E-state index contributed by atoms with van der Waals surface area (Å²) in [6, 6.07) is 30.6. The van der Waals surface area contributed by atoms with Crippen LogP contribution in [0, 0.1) is 0 Å². The summed E-state index contributed by atoms with van der Waals surface area (Å²) in [5.41, 5.74) is 3.40. The zero-order valence-electron chi connectivity index (χ0n) is 19.2. The Bertz CT molecular complexity index is 1060. The molecule has 1 atom stereocenters. The van der Waals surface area contributed by atoms with Gasteiger partial charge in [0.2, 0.25) is 5.91 Å². The fraction of sp³-hybridized carbons (Fsp3) is 0.286. The third-order valence-corrected chi connectivity index (χ3v) is 6.72. The molecule has 0 bridgehead atoms. The van der Waals surface area contributed by atoms with Crippen LogP contribution in [-0.4, -0.2) is 60.5 Å². The number of hydrogen-bond donors (Lipinski definition) is 1. The minimum absolute atomic E-state index is 0.0508. The molecule has 0 radical (unpaired) electrons. The Morgan fingerprint density at radius 3 is 1.85 bits per heavy atom. The maximum atomic E-state index is 13.0. The molecule has 34 heavy (non-hydrogen) atoms. The van der Waals surface area contributed by atoms with Crippen molar-refractivity contribution in [3.8, 4) is 0 Å². The van der Waals surface area contributed by atoms with E-state index in [1.165, 1.54) is 11.1 Å². The molecule has 174 valence electrons. The second-order valence-corrected chi connectivity index (χ2v) is 8.94. The van der Waals surface area contributed by atoms with Gasteiger partial charge in [0.05, 0.1) is 12.1 Å². The van der Waals surface area contributed by atoms with Gasteiger partial charge >= 0.3 is 6.03 Å². The van der Waals surface area contributed by atoms with Gasteiger partial charge in [-0.3, -0.25) is 9.69 Å². The van der Waals surface area contributed by atoms with Crippen LogP contribution in [0.15, 0.2) is 91.0 Å². The molecule has 3 aromatic rings. The van der Waals surface area contributed by atoms with E-state index < -0.39 is 0 Å². The van der Waals surface area contributed by atoms with E-state index in [2.05, 4.69) is 58.7 Å². The maximum absolute atomic E-state index is 13.0. The van der Waals surface area contributed by atoms with Gasteiger partial charge in [0, 0.05) is 44.8 Å². The van der Waals surface area contributed by atoms with Crippen LogP contribution in [-0.2, 0) is 4.79 Å². The molecule has 2 fully saturated rings. The lowest BCUT2D eigenvalue weighted by Crippen LogP contribution is -2.54. The average Bonchev–Trinajstić information content (AvgIpc) is 3.26. The Morgan fingerprint density at radius 1 is 0.765 bits per heavy atom. The van der Waals surface area contributed by atoms with Crippen molar-refractivity contribution < 1.29 is 9.59 Å². The summed E-state index contributed by atoms with van der Waals surface area (Å²) >= 11 is 0. The lowest BCUT2D eigenvalue weighted by molar-refractivity contribution is -0.117. The fourth-order valence-electron chi connectivity index (χ4n) is 5.00. The SMILES string of the molecule is O=C(NC1CC(=O)N(c2ccccc2)C1)N1CCN(C(c2ccccc2)c2ccccc2)CC1. The first-order valence-corrected chi connectivity index (χ1v) is 11.9. The second kappa shape index (κ2) is 10.1. The molecular formula is C28H30N4O2. The van der Waals surface area contributed by atoms with Crippen LogP contribution in [0.4, 0.5) is 10.5 Å². The van der Waals surface area contributed by atoms with E-state index in [9.17, 15) is 9.59 Å². The highest BCUT2D eigenvalue weighted by atomic mass is 16.2. The van der Waals surface area contributed by atoms with Crippen molar-refractivity contribution in [1.82, 2.24) is 15.1 Å². The Hall–Kier alpha value is -3.64. The van der Waals surface area contributed by atoms with Crippen LogP contribution in [0.3, 0.4) is 0 Å². The number of nitrogens with zero attached hydrogens (tertiary/aromatic N) is 3. The Morgan fingerprint density at radius 2 is 1.29 bits per heavy atom. The summed E-state index contributed by atoms with van der Waals surface area (Å²) in [6.07, 6.45) is 0.338. The van der Waals surface area contributed by atoms with E-state index in [1.54, 1.807) is 4.90 Å². The van der Waals surface area contributed by atoms with Gasteiger partial charge in [-0.2, -0.15) is 0 Å². The second-order valence-electron chi connectivity index (χ2n) is 8.94. The van der Waals surface area contributed by atoms with E-state index in [1.807, 2.05) is 47.4 Å². The molecule has 3 aromatic carbocycles. The molecule has 6 nitrogen and oxygen atoms in total. The van der Waals surface area contributed by atoms with Crippen molar-refractivity contribution in [3.05, 3.63) is 102 Å². The first kappa shape index (κ1) is 22.2. The van der Waals surface area contributed by atoms with Crippen molar-refractivity contribution in [2.24, 2.45) is 0 Å². The minimum Gasteiger partial charge on any atom is -0.333 e. The summed E-state index contributed by atoms with van der Waals surface area (Å²) in [5.74, 6) is 0.0508. The van der Waals surface area contributed by atoms with E-state index in [0.717, 1.165) is 18.8 Å². The smallest absolute Gasteiger partial charge is 0.317 e. The molecule has 2 saturated heterocycles. The number of carbonyl (C=O) groups is 2. The van der Waals surface area contributed by atoms with Gasteiger partial charge in [-0.25, -0.2) is 4.79 Å². The Kier molecular flexibility index (Phi) is 6.58. The standard InChI is InChI=1S/C28H30N4O2/c33-26-20-24(21-32(26)25-14-8-3-9-15-25)29-28(34)31-18-16-30(17-19-31)27(22-10-4-1-5-11-22)23-12-6-2-7-13-23/h1-15,24,27H,16-21H2,(H,29,34). The largest absolute Gasteiger partial charge is 0.333 e. The lowest BCUT2D eigenvalue weighted by atomic mass is 9.96. The number of hydrogen-bond acceptors (Lipinski definition) is 3. The summed E-state index contributed by atoms with van der Waals surface area (Å²) in [4.78, 5) is 31.6. The number of benzene rings is 3. The molecule has 2 aliphatic heterocycles. The van der Waals surface area contributed by atoms with Crippen molar-refractivity contribution in [3.63, 3.8) is 0 Å². The normalized spacial score (nSPS) is 19.0. The van der Waals surface area contributed by atoms with Crippen LogP contribution >= 0.6 is 0 Å². The van der Waals surface area contributed by atoms with Crippen LogP contribution in [0.25, 0.3) is 0 Å². The third-order valence-electron chi connectivity index (χ3n) is 6.72. The number of piperazine rings is 1. The van der Waals surface area contributed by atoms with Gasteiger partial charge in [0.25, 0.3) is 0 Å². The summed E-state index contributed by atoms with van der Waals surface area (Å²) in [7, 11) is 0. The van der Waals surface area contributed by atoms with Gasteiger partial charge in [-0.1, -0.05) is 78.9 Å². The molecule has 0 aliphatic carbocycles. The van der Waals surface area contributed by atoms with Gasteiger partial charge in [-0.05, 0) is 23.3 Å². The zero-order chi connectivity index (χ0) is 23.3. The van der Waals surface area contributed by atoms with Crippen molar-refractivity contribution in [1.29, 1.82) is 0 Å². The van der Waals surface area contributed by atoms with Gasteiger partial charge in [-0.15, -0.1) is 0 Å². The van der Waals surface area contributed by atoms with E-state index in [4.69, 9.17) is 0 Å². The molecule has 3 amide bonds. The molecule has 1 unspecified atom stereocenters. The number of rotatable bonds is 5. The molecule has 2 heterocycles. The summed E-state index contributed by atoms with van der Waals surface area (Å²) < 4.78 is 0. The lowest BCUT2D eigenvalue weighted by Gasteiger charge is -2.40. The highest BCUT2D eigenvalue weighted by Crippen LogP contribution is 2.29. The molecule has 0 saturated carbocycles. The third kappa shape index (κ3) is 4.82. The van der Waals surface area contributed by atoms with Crippen molar-refractivity contribution in [2.45, 2.75) is 18.5 Å². The molecule has 0 aromatic heterocycles. The number of nitrogens with one attached hydrogen (secondary N) is 1. The van der Waals surface area contributed by atoms with E-state index in [0.29, 0.717) is 26.1 Å². The van der Waals surface area contributed by atoms with Crippen molar-refractivity contribution in [2.75, 3.05) is 37.6 Å². The molecule has 0 spiro atoms. The minimum atomic E-state index is -0.167. The van der Waals surface area contributed by atoms with Gasteiger partial charge in [0.1, 0.15) is 0 Å². The van der Waals surface area contributed by atoms with E-state index >= 15 is 0 Å². The fourth-order valence-corrected chi connectivity index (χ4v) is 5.00. The number of urea groups is 1. The number of anilines is 1. The average molecular weight is 455 g/mol. The van der Waals surface area contributed by atoms with Crippen LogP contribution in [0.5, 0.6) is 0 Å². The molecule has 6 heteroatoms. The number of carbonyl (C=O) groups excluding carboxylic acids is 2. The number of amides is 3. The molecule has 1 N–H and O–H groups in total. The Labute approximate surface area is 200 Å². The summed E-state index contributed by atoms with van der Waals surface area (Å²) in [6.45, 7) is 3.41. The zero-order valence-corrected chi connectivity index (χ0v) is 19.2.